The summed E-state index contributed by atoms with van der Waals surface area (Å²) in [7, 11) is 0. The van der Waals surface area contributed by atoms with Gasteiger partial charge in [0, 0.05) is 12.2 Å². The molecule has 4 aliphatic carbocycles. The summed E-state index contributed by atoms with van der Waals surface area (Å²) in [5, 5.41) is 0. The van der Waals surface area contributed by atoms with Crippen LogP contribution in [0.2, 0.25) is 0 Å². The van der Waals surface area contributed by atoms with Gasteiger partial charge in [0.2, 0.25) is 0 Å². The van der Waals surface area contributed by atoms with Crippen molar-refractivity contribution < 1.29 is 57.2 Å². The van der Waals surface area contributed by atoms with Gasteiger partial charge >= 0.3 is 35.8 Å². The maximum absolute atomic E-state index is 13.5. The van der Waals surface area contributed by atoms with Crippen molar-refractivity contribution in [3.63, 3.8) is 0 Å². The molecule has 12 heteroatoms. The van der Waals surface area contributed by atoms with E-state index in [0.29, 0.717) is 87.3 Å². The highest BCUT2D eigenvalue weighted by atomic mass is 16.6. The fraction of sp³-hybridized carbons (Fsp3) is 0.686. The average molecular weight is 877 g/mol. The molecule has 63 heavy (non-hydrogen) atoms. The zero-order chi connectivity index (χ0) is 45.3. The van der Waals surface area contributed by atoms with Crippen molar-refractivity contribution in [2.75, 3.05) is 26.4 Å². The Labute approximate surface area is 374 Å². The standard InChI is InChI=1S/C51H72O12/c1-6-45(52)58-28-8-10-30-60-48(54)40-20-12-36(13-21-40)38-16-24-42(25-17-38)50(56)62-44-32-33(3)47(35(5)34(44)4)63-51(57)43-26-18-39(19-27-43)37-14-22-41(23-15-37)49(55)61-31-11-9-29-59-46(53)7-2/h6-7,32,36-43H,1-2,8-31H2,3-5H3. The molecule has 1 aromatic carbocycles. The van der Waals surface area contributed by atoms with Gasteiger partial charge in [-0.05, 0) is 196 Å². The van der Waals surface area contributed by atoms with Gasteiger partial charge in [-0.1, -0.05) is 13.2 Å². The molecule has 0 radical (unpaired) electrons. The molecular weight excluding hydrogens is 805 g/mol. The summed E-state index contributed by atoms with van der Waals surface area (Å²) in [6.45, 7) is 13.7. The molecule has 1 aromatic rings. The third-order valence-electron chi connectivity index (χ3n) is 14.5. The molecule has 0 N–H and O–H groups in total. The first-order valence-corrected chi connectivity index (χ1v) is 23.8. The van der Waals surface area contributed by atoms with E-state index in [1.54, 1.807) is 0 Å². The van der Waals surface area contributed by atoms with Crippen LogP contribution in [0.4, 0.5) is 0 Å². The predicted molar refractivity (Wildman–Crippen MR) is 236 cm³/mol. The van der Waals surface area contributed by atoms with Crippen molar-refractivity contribution in [1.29, 1.82) is 0 Å². The van der Waals surface area contributed by atoms with E-state index in [9.17, 15) is 28.8 Å². The van der Waals surface area contributed by atoms with Gasteiger partial charge in [0.25, 0.3) is 0 Å². The number of benzene rings is 1. The van der Waals surface area contributed by atoms with Crippen LogP contribution in [0.1, 0.15) is 145 Å². The maximum atomic E-state index is 13.5. The third-order valence-corrected chi connectivity index (χ3v) is 14.5. The Bertz CT molecular complexity index is 1730. The molecule has 0 amide bonds. The van der Waals surface area contributed by atoms with E-state index in [0.717, 1.165) is 132 Å². The van der Waals surface area contributed by atoms with Crippen LogP contribution in [0.3, 0.4) is 0 Å². The first-order chi connectivity index (χ1) is 30.4. The summed E-state index contributed by atoms with van der Waals surface area (Å²) in [6.07, 6.45) is 19.2. The number of aryl methyl sites for hydroxylation is 1. The van der Waals surface area contributed by atoms with Crippen molar-refractivity contribution >= 4 is 35.8 Å². The van der Waals surface area contributed by atoms with Gasteiger partial charge in [0.1, 0.15) is 11.5 Å². The second kappa shape index (κ2) is 25.1. The van der Waals surface area contributed by atoms with Gasteiger partial charge in [-0.15, -0.1) is 0 Å². The van der Waals surface area contributed by atoms with Gasteiger partial charge in [0.05, 0.1) is 50.1 Å². The number of rotatable bonds is 20. The summed E-state index contributed by atoms with van der Waals surface area (Å²) in [5.41, 5.74) is 2.37. The fourth-order valence-electron chi connectivity index (χ4n) is 10.4. The topological polar surface area (TPSA) is 158 Å². The Balaban J connectivity index is 0.972. The number of carbonyl (C=O) groups is 6. The molecule has 0 aromatic heterocycles. The number of hydrogen-bond donors (Lipinski definition) is 0. The highest BCUT2D eigenvalue weighted by Gasteiger charge is 2.37. The van der Waals surface area contributed by atoms with Gasteiger partial charge in [0.15, 0.2) is 0 Å². The summed E-state index contributed by atoms with van der Waals surface area (Å²) in [6, 6.07) is 1.83. The highest BCUT2D eigenvalue weighted by molar-refractivity contribution is 5.81. The van der Waals surface area contributed by atoms with Crippen molar-refractivity contribution in [3.05, 3.63) is 48.1 Å². The predicted octanol–water partition coefficient (Wildman–Crippen LogP) is 9.75. The molecule has 0 aliphatic heterocycles. The summed E-state index contributed by atoms with van der Waals surface area (Å²) in [5.74, 6) is 1.29. The average Bonchev–Trinajstić information content (AvgIpc) is 3.31. The number of carbonyl (C=O) groups excluding carboxylic acids is 6. The lowest BCUT2D eigenvalue weighted by Crippen LogP contribution is -2.32. The molecule has 0 heterocycles. The molecule has 12 nitrogen and oxygen atoms in total. The van der Waals surface area contributed by atoms with Gasteiger partial charge in [-0.2, -0.15) is 0 Å². The number of esters is 6. The minimum Gasteiger partial charge on any atom is -0.465 e. The highest BCUT2D eigenvalue weighted by Crippen LogP contribution is 2.44. The van der Waals surface area contributed by atoms with Crippen LogP contribution in [0.5, 0.6) is 11.5 Å². The van der Waals surface area contributed by atoms with Crippen molar-refractivity contribution in [1.82, 2.24) is 0 Å². The third kappa shape index (κ3) is 14.8. The first-order valence-electron chi connectivity index (χ1n) is 23.8. The van der Waals surface area contributed by atoms with E-state index >= 15 is 0 Å². The number of ether oxygens (including phenoxy) is 6. The van der Waals surface area contributed by atoms with Crippen LogP contribution >= 0.6 is 0 Å². The molecule has 0 atom stereocenters. The van der Waals surface area contributed by atoms with Gasteiger partial charge in [-0.25, -0.2) is 9.59 Å². The Morgan fingerprint density at radius 2 is 0.778 bits per heavy atom. The summed E-state index contributed by atoms with van der Waals surface area (Å²) >= 11 is 0. The van der Waals surface area contributed by atoms with Crippen molar-refractivity contribution in [2.45, 2.75) is 149 Å². The van der Waals surface area contributed by atoms with Crippen LogP contribution in [0.15, 0.2) is 31.4 Å². The lowest BCUT2D eigenvalue weighted by Gasteiger charge is -2.37. The van der Waals surface area contributed by atoms with Crippen molar-refractivity contribution in [3.8, 4) is 11.5 Å². The van der Waals surface area contributed by atoms with Gasteiger partial charge < -0.3 is 28.4 Å². The van der Waals surface area contributed by atoms with E-state index < -0.39 is 11.9 Å². The second-order valence-corrected chi connectivity index (χ2v) is 18.6. The van der Waals surface area contributed by atoms with Crippen LogP contribution < -0.4 is 9.47 Å². The molecule has 0 bridgehead atoms. The van der Waals surface area contributed by atoms with Crippen LogP contribution in [0, 0.1) is 68.1 Å². The van der Waals surface area contributed by atoms with Crippen LogP contribution in [-0.2, 0) is 47.7 Å². The molecular formula is C51H72O12. The number of unbranched alkanes of at least 4 members (excludes halogenated alkanes) is 2. The molecule has 4 fully saturated rings. The zero-order valence-electron chi connectivity index (χ0n) is 38.1. The molecule has 4 aliphatic rings. The van der Waals surface area contributed by atoms with E-state index in [1.165, 1.54) is 0 Å². The molecule has 0 spiro atoms. The van der Waals surface area contributed by atoms with E-state index in [1.807, 2.05) is 26.8 Å². The SMILES string of the molecule is C=CC(=O)OCCCCOC(=O)C1CCC(C2CCC(C(=O)Oc3cc(C)c(OC(=O)C4CCC(C5CCC(C(=O)OCCCCOC(=O)C=C)CC5)CC4)c(C)c3C)CC2)CC1. The Kier molecular flexibility index (Phi) is 19.8. The zero-order valence-corrected chi connectivity index (χ0v) is 38.1. The lowest BCUT2D eigenvalue weighted by molar-refractivity contribution is -0.151. The quantitative estimate of drug-likeness (QED) is 0.0402. The van der Waals surface area contributed by atoms with Crippen LogP contribution in [-0.4, -0.2) is 62.2 Å². The Morgan fingerprint density at radius 3 is 1.13 bits per heavy atom. The monoisotopic (exact) mass is 877 g/mol. The Morgan fingerprint density at radius 1 is 0.460 bits per heavy atom. The molecule has 5 rings (SSSR count). The lowest BCUT2D eigenvalue weighted by atomic mass is 9.69. The minimum absolute atomic E-state index is 0.0621. The summed E-state index contributed by atoms with van der Waals surface area (Å²) < 4.78 is 33.1. The number of hydrogen-bond acceptors (Lipinski definition) is 12. The maximum Gasteiger partial charge on any atom is 0.330 e. The minimum atomic E-state index is -0.445. The molecule has 0 unspecified atom stereocenters. The van der Waals surface area contributed by atoms with Crippen molar-refractivity contribution in [2.24, 2.45) is 47.3 Å². The smallest absolute Gasteiger partial charge is 0.330 e. The summed E-state index contributed by atoms with van der Waals surface area (Å²) in [4.78, 5) is 74.5. The largest absolute Gasteiger partial charge is 0.465 e. The van der Waals surface area contributed by atoms with E-state index in [2.05, 4.69) is 13.2 Å². The first kappa shape index (κ1) is 49.5. The van der Waals surface area contributed by atoms with E-state index in [-0.39, 0.29) is 47.5 Å². The molecule has 4 saturated carbocycles. The van der Waals surface area contributed by atoms with E-state index in [4.69, 9.17) is 28.4 Å². The molecule has 348 valence electrons. The molecule has 0 saturated heterocycles. The van der Waals surface area contributed by atoms with Crippen LogP contribution in [0.25, 0.3) is 0 Å². The fourth-order valence-corrected chi connectivity index (χ4v) is 10.4. The normalized spacial score (nSPS) is 26.0. The second-order valence-electron chi connectivity index (χ2n) is 18.6. The van der Waals surface area contributed by atoms with Gasteiger partial charge in [-0.3, -0.25) is 19.2 Å². The Hall–Kier alpha value is -4.48.